The molecule has 3 nitrogen and oxygen atoms in total. The second-order valence-electron chi connectivity index (χ2n) is 4.53. The molecule has 0 saturated heterocycles. The van der Waals surface area contributed by atoms with Crippen molar-refractivity contribution in [3.8, 4) is 6.07 Å². The van der Waals surface area contributed by atoms with Gasteiger partial charge >= 0.3 is 0 Å². The van der Waals surface area contributed by atoms with Crippen LogP contribution >= 0.6 is 15.9 Å². The van der Waals surface area contributed by atoms with Gasteiger partial charge in [-0.2, -0.15) is 5.26 Å². The molecule has 0 aliphatic carbocycles. The Balaban J connectivity index is 2.31. The van der Waals surface area contributed by atoms with Crippen molar-refractivity contribution in [1.29, 1.82) is 5.26 Å². The molecule has 0 unspecified atom stereocenters. The molecule has 0 aliphatic rings. The van der Waals surface area contributed by atoms with E-state index in [4.69, 9.17) is 5.73 Å². The van der Waals surface area contributed by atoms with E-state index < -0.39 is 0 Å². The lowest BCUT2D eigenvalue weighted by Crippen LogP contribution is -2.23. The number of nitrogen functional groups attached to an aromatic ring is 1. The van der Waals surface area contributed by atoms with E-state index in [1.807, 2.05) is 42.5 Å². The molecule has 0 saturated carbocycles. The molecule has 2 N–H and O–H groups in total. The number of hydrogen-bond donors (Lipinski definition) is 1. The van der Waals surface area contributed by atoms with Gasteiger partial charge in [0, 0.05) is 23.2 Å². The highest BCUT2D eigenvalue weighted by atomic mass is 79.9. The topological polar surface area (TPSA) is 53.0 Å². The van der Waals surface area contributed by atoms with Crippen molar-refractivity contribution in [3.05, 3.63) is 58.1 Å². The monoisotopic (exact) mass is 329 g/mol. The summed E-state index contributed by atoms with van der Waals surface area (Å²) in [5, 5.41) is 9.28. The lowest BCUT2D eigenvalue weighted by Gasteiger charge is -2.24. The Kier molecular flexibility index (Phi) is 4.65. The van der Waals surface area contributed by atoms with Crippen molar-refractivity contribution >= 4 is 27.3 Å². The van der Waals surface area contributed by atoms with Crippen LogP contribution in [-0.2, 0) is 6.54 Å². The number of halogens is 1. The predicted molar refractivity (Wildman–Crippen MR) is 86.4 cm³/mol. The fourth-order valence-corrected chi connectivity index (χ4v) is 2.51. The van der Waals surface area contributed by atoms with Crippen LogP contribution in [0, 0.1) is 11.3 Å². The lowest BCUT2D eigenvalue weighted by molar-refractivity contribution is 0.830. The second-order valence-corrected chi connectivity index (χ2v) is 5.45. The average Bonchev–Trinajstić information content (AvgIpc) is 2.45. The minimum absolute atomic E-state index is 0.671. The first-order chi connectivity index (χ1) is 9.63. The maximum atomic E-state index is 9.28. The minimum Gasteiger partial charge on any atom is -0.399 e. The van der Waals surface area contributed by atoms with Gasteiger partial charge in [0.1, 0.15) is 6.07 Å². The molecule has 0 heterocycles. The number of nitrogens with zero attached hydrogens (tertiary/aromatic N) is 2. The van der Waals surface area contributed by atoms with E-state index in [0.29, 0.717) is 5.56 Å². The van der Waals surface area contributed by atoms with E-state index in [-0.39, 0.29) is 0 Å². The van der Waals surface area contributed by atoms with Gasteiger partial charge in [-0.15, -0.1) is 0 Å². The molecule has 2 rings (SSSR count). The van der Waals surface area contributed by atoms with E-state index in [0.717, 1.165) is 34.5 Å². The molecule has 4 heteroatoms. The fraction of sp³-hybridized carbons (Fsp3) is 0.188. The highest BCUT2D eigenvalue weighted by molar-refractivity contribution is 9.10. The summed E-state index contributed by atoms with van der Waals surface area (Å²) in [4.78, 5) is 2.17. The van der Waals surface area contributed by atoms with Crippen LogP contribution in [0.4, 0.5) is 11.4 Å². The third-order valence-corrected chi connectivity index (χ3v) is 3.62. The van der Waals surface area contributed by atoms with Crippen LogP contribution in [0.25, 0.3) is 0 Å². The summed E-state index contributed by atoms with van der Waals surface area (Å²) in [6, 6.07) is 15.9. The minimum atomic E-state index is 0.671. The van der Waals surface area contributed by atoms with Crippen LogP contribution < -0.4 is 10.6 Å². The van der Waals surface area contributed by atoms with E-state index in [1.54, 1.807) is 0 Å². The van der Waals surface area contributed by atoms with Crippen molar-refractivity contribution in [3.63, 3.8) is 0 Å². The Morgan fingerprint density at radius 1 is 1.25 bits per heavy atom. The molecule has 0 bridgehead atoms. The third-order valence-electron chi connectivity index (χ3n) is 3.13. The number of anilines is 2. The van der Waals surface area contributed by atoms with Gasteiger partial charge in [0.25, 0.3) is 0 Å². The molecule has 0 spiro atoms. The second kappa shape index (κ2) is 6.44. The summed E-state index contributed by atoms with van der Waals surface area (Å²) >= 11 is 3.40. The molecule has 0 aliphatic heterocycles. The SMILES string of the molecule is CCN(Cc1cccc(N)c1)c1ccc(Br)cc1C#N. The zero-order chi connectivity index (χ0) is 14.5. The standard InChI is InChI=1S/C16H16BrN3/c1-2-20(11-12-4-3-5-15(19)8-12)16-7-6-14(17)9-13(16)10-18/h3-9H,2,11,19H2,1H3. The molecule has 102 valence electrons. The van der Waals surface area contributed by atoms with E-state index in [9.17, 15) is 5.26 Å². The molecule has 0 radical (unpaired) electrons. The van der Waals surface area contributed by atoms with Crippen LogP contribution in [0.3, 0.4) is 0 Å². The summed E-state index contributed by atoms with van der Waals surface area (Å²) < 4.78 is 0.915. The van der Waals surface area contributed by atoms with Gasteiger partial charge in [-0.3, -0.25) is 0 Å². The number of nitriles is 1. The Labute approximate surface area is 127 Å². The zero-order valence-corrected chi connectivity index (χ0v) is 12.9. The highest BCUT2D eigenvalue weighted by Crippen LogP contribution is 2.25. The van der Waals surface area contributed by atoms with Gasteiger partial charge in [-0.05, 0) is 42.8 Å². The van der Waals surface area contributed by atoms with E-state index in [2.05, 4.69) is 33.8 Å². The van der Waals surface area contributed by atoms with Crippen LogP contribution in [-0.4, -0.2) is 6.54 Å². The Hall–Kier alpha value is -1.99. The van der Waals surface area contributed by atoms with Gasteiger partial charge in [0.2, 0.25) is 0 Å². The molecule has 20 heavy (non-hydrogen) atoms. The van der Waals surface area contributed by atoms with Crippen LogP contribution in [0.1, 0.15) is 18.1 Å². The molecule has 0 fully saturated rings. The molecule has 0 atom stereocenters. The smallest absolute Gasteiger partial charge is 0.101 e. The first kappa shape index (κ1) is 14.4. The van der Waals surface area contributed by atoms with Gasteiger partial charge < -0.3 is 10.6 Å². The van der Waals surface area contributed by atoms with Crippen LogP contribution in [0.2, 0.25) is 0 Å². The summed E-state index contributed by atoms with van der Waals surface area (Å²) in [6.07, 6.45) is 0. The lowest BCUT2D eigenvalue weighted by atomic mass is 10.1. The molecule has 2 aromatic carbocycles. The van der Waals surface area contributed by atoms with Gasteiger partial charge in [-0.25, -0.2) is 0 Å². The Morgan fingerprint density at radius 2 is 2.05 bits per heavy atom. The highest BCUT2D eigenvalue weighted by Gasteiger charge is 2.11. The quantitative estimate of drug-likeness (QED) is 0.864. The zero-order valence-electron chi connectivity index (χ0n) is 11.3. The molecular formula is C16H16BrN3. The van der Waals surface area contributed by atoms with Gasteiger partial charge in [0.05, 0.1) is 11.3 Å². The number of benzene rings is 2. The maximum Gasteiger partial charge on any atom is 0.101 e. The first-order valence-corrected chi connectivity index (χ1v) is 7.22. The normalized spacial score (nSPS) is 10.1. The Bertz CT molecular complexity index is 646. The summed E-state index contributed by atoms with van der Waals surface area (Å²) in [5.74, 6) is 0. The summed E-state index contributed by atoms with van der Waals surface area (Å²) in [6.45, 7) is 3.64. The maximum absolute atomic E-state index is 9.28. The summed E-state index contributed by atoms with van der Waals surface area (Å²) in [7, 11) is 0. The van der Waals surface area contributed by atoms with Crippen molar-refractivity contribution in [1.82, 2.24) is 0 Å². The van der Waals surface area contributed by atoms with Crippen molar-refractivity contribution in [2.75, 3.05) is 17.2 Å². The van der Waals surface area contributed by atoms with Gasteiger partial charge in [-0.1, -0.05) is 28.1 Å². The average molecular weight is 330 g/mol. The van der Waals surface area contributed by atoms with Crippen molar-refractivity contribution in [2.24, 2.45) is 0 Å². The molecule has 0 amide bonds. The molecule has 2 aromatic rings. The van der Waals surface area contributed by atoms with Gasteiger partial charge in [0.15, 0.2) is 0 Å². The molecular weight excluding hydrogens is 314 g/mol. The van der Waals surface area contributed by atoms with E-state index >= 15 is 0 Å². The number of hydrogen-bond acceptors (Lipinski definition) is 3. The number of nitrogens with two attached hydrogens (primary N) is 1. The van der Waals surface area contributed by atoms with E-state index in [1.165, 1.54) is 0 Å². The van der Waals surface area contributed by atoms with Crippen LogP contribution in [0.5, 0.6) is 0 Å². The first-order valence-electron chi connectivity index (χ1n) is 6.43. The largest absolute Gasteiger partial charge is 0.399 e. The fourth-order valence-electron chi connectivity index (χ4n) is 2.15. The summed E-state index contributed by atoms with van der Waals surface area (Å²) in [5.41, 5.74) is 9.33. The van der Waals surface area contributed by atoms with Crippen molar-refractivity contribution in [2.45, 2.75) is 13.5 Å². The third kappa shape index (κ3) is 3.31. The predicted octanol–water partition coefficient (Wildman–Crippen LogP) is 3.93. The molecule has 0 aromatic heterocycles. The van der Waals surface area contributed by atoms with Crippen molar-refractivity contribution < 1.29 is 0 Å². The van der Waals surface area contributed by atoms with Crippen LogP contribution in [0.15, 0.2) is 46.9 Å². The Morgan fingerprint density at radius 3 is 2.70 bits per heavy atom. The number of rotatable bonds is 4.